The van der Waals surface area contributed by atoms with E-state index < -0.39 is 18.6 Å². The van der Waals surface area contributed by atoms with Gasteiger partial charge in [-0.2, -0.15) is 0 Å². The van der Waals surface area contributed by atoms with Crippen LogP contribution >= 0.6 is 0 Å². The SMILES string of the molecule is CNCOC(=O)C1CCC(CCc2c(NCC3CCC(C(=O)OCNC)CC3)c3c(=O)cc(CO)c4c5c(CO)cc(=O)c6c(O)c(OC)c7c(c(c2C=C(C)C7)c34)c65)CC1. The Morgan fingerprint density at radius 3 is 1.80 bits per heavy atom. The monoisotopic (exact) mass is 835 g/mol. The molecule has 0 aromatic heterocycles. The number of anilines is 1. The fraction of sp³-hybridized carbons (Fsp3) is 0.500. The molecule has 5 aromatic rings. The average molecular weight is 836 g/mol. The van der Waals surface area contributed by atoms with Crippen molar-refractivity contribution in [3.05, 3.63) is 66.0 Å². The van der Waals surface area contributed by atoms with Crippen LogP contribution < -0.4 is 31.5 Å². The molecule has 61 heavy (non-hydrogen) atoms. The van der Waals surface area contributed by atoms with Crippen molar-refractivity contribution in [2.75, 3.05) is 46.5 Å². The van der Waals surface area contributed by atoms with Crippen LogP contribution in [0.2, 0.25) is 0 Å². The fourth-order valence-corrected chi connectivity index (χ4v) is 10.8. The van der Waals surface area contributed by atoms with Gasteiger partial charge < -0.3 is 34.8 Å². The molecule has 324 valence electrons. The summed E-state index contributed by atoms with van der Waals surface area (Å²) in [6, 6.07) is 2.81. The summed E-state index contributed by atoms with van der Waals surface area (Å²) in [5.74, 6) is -0.163. The van der Waals surface area contributed by atoms with Crippen LogP contribution in [-0.2, 0) is 45.1 Å². The first-order chi connectivity index (χ1) is 29.5. The normalized spacial score (nSPS) is 20.4. The maximum atomic E-state index is 14.8. The number of hydrogen-bond donors (Lipinski definition) is 6. The Hall–Kier alpha value is -5.08. The molecule has 0 aliphatic heterocycles. The Morgan fingerprint density at radius 1 is 0.721 bits per heavy atom. The first kappa shape index (κ1) is 42.6. The van der Waals surface area contributed by atoms with Gasteiger partial charge in [-0.15, -0.1) is 0 Å². The number of methoxy groups -OCH3 is 1. The second-order valence-corrected chi connectivity index (χ2v) is 17.5. The van der Waals surface area contributed by atoms with Gasteiger partial charge in [0.1, 0.15) is 13.5 Å². The van der Waals surface area contributed by atoms with E-state index in [9.17, 15) is 34.5 Å². The number of phenols is 1. The van der Waals surface area contributed by atoms with Gasteiger partial charge in [0.2, 0.25) is 0 Å². The first-order valence-corrected chi connectivity index (χ1v) is 21.7. The molecule has 0 unspecified atom stereocenters. The fourth-order valence-electron chi connectivity index (χ4n) is 10.8. The van der Waals surface area contributed by atoms with Gasteiger partial charge in [-0.3, -0.25) is 29.8 Å². The number of aliphatic hydroxyl groups excluding tert-OH is 2. The summed E-state index contributed by atoms with van der Waals surface area (Å²) >= 11 is 0. The number of ether oxygens (including phenoxy) is 3. The molecule has 2 fully saturated rings. The predicted octanol–water partition coefficient (Wildman–Crippen LogP) is 5.95. The highest BCUT2D eigenvalue weighted by atomic mass is 16.5. The van der Waals surface area contributed by atoms with Crippen molar-refractivity contribution in [3.63, 3.8) is 0 Å². The van der Waals surface area contributed by atoms with Crippen LogP contribution in [0.5, 0.6) is 11.5 Å². The van der Waals surface area contributed by atoms with Crippen LogP contribution in [0.4, 0.5) is 5.69 Å². The molecule has 6 N–H and O–H groups in total. The summed E-state index contributed by atoms with van der Waals surface area (Å²) in [6.45, 7) is 2.02. The van der Waals surface area contributed by atoms with Crippen LogP contribution in [0.1, 0.15) is 92.5 Å². The lowest BCUT2D eigenvalue weighted by molar-refractivity contribution is -0.151. The van der Waals surface area contributed by atoms with E-state index in [1.807, 2.05) is 6.92 Å². The molecular weight excluding hydrogens is 779 g/mol. The third-order valence-corrected chi connectivity index (χ3v) is 13.8. The lowest BCUT2D eigenvalue weighted by atomic mass is 9.77. The second kappa shape index (κ2) is 17.7. The van der Waals surface area contributed by atoms with Gasteiger partial charge in [-0.25, -0.2) is 0 Å². The lowest BCUT2D eigenvalue weighted by Gasteiger charge is -2.30. The summed E-state index contributed by atoms with van der Waals surface area (Å²) in [4.78, 5) is 54.2. The molecule has 0 spiro atoms. The summed E-state index contributed by atoms with van der Waals surface area (Å²) in [5, 5.41) is 47.3. The van der Waals surface area contributed by atoms with E-state index >= 15 is 0 Å². The van der Waals surface area contributed by atoms with Crippen molar-refractivity contribution >= 4 is 66.8 Å². The second-order valence-electron chi connectivity index (χ2n) is 17.5. The Balaban J connectivity index is 1.33. The van der Waals surface area contributed by atoms with Gasteiger partial charge in [0.05, 0.1) is 42.9 Å². The molecule has 13 heteroatoms. The molecule has 0 radical (unpaired) electrons. The van der Waals surface area contributed by atoms with Crippen molar-refractivity contribution in [2.45, 2.75) is 90.8 Å². The van der Waals surface area contributed by atoms with Crippen LogP contribution in [0.25, 0.3) is 49.2 Å². The zero-order valence-electron chi connectivity index (χ0n) is 35.6. The third kappa shape index (κ3) is 7.53. The van der Waals surface area contributed by atoms with E-state index in [-0.39, 0.29) is 65.5 Å². The maximum absolute atomic E-state index is 14.8. The number of carbonyl (C=O) groups excluding carboxylic acids is 2. The van der Waals surface area contributed by atoms with Crippen molar-refractivity contribution in [2.24, 2.45) is 23.7 Å². The van der Waals surface area contributed by atoms with Crippen molar-refractivity contribution in [1.29, 1.82) is 0 Å². The molecule has 3 aliphatic rings. The maximum Gasteiger partial charge on any atom is 0.310 e. The number of carbonyl (C=O) groups is 2. The van der Waals surface area contributed by atoms with E-state index in [0.29, 0.717) is 87.2 Å². The number of aromatic hydroxyl groups is 1. The van der Waals surface area contributed by atoms with Gasteiger partial charge in [0, 0.05) is 28.6 Å². The minimum atomic E-state index is -0.475. The molecule has 3 aliphatic carbocycles. The molecule has 13 nitrogen and oxygen atoms in total. The van der Waals surface area contributed by atoms with E-state index in [1.54, 1.807) is 14.1 Å². The minimum Gasteiger partial charge on any atom is -0.504 e. The molecule has 8 rings (SSSR count). The number of aliphatic hydroxyl groups is 2. The van der Waals surface area contributed by atoms with Crippen LogP contribution in [0.3, 0.4) is 0 Å². The number of fused-ring (bicyclic) bond motifs is 1. The quantitative estimate of drug-likeness (QED) is 0.0314. The van der Waals surface area contributed by atoms with Crippen LogP contribution in [0, 0.1) is 23.7 Å². The first-order valence-electron chi connectivity index (χ1n) is 21.7. The van der Waals surface area contributed by atoms with Gasteiger partial charge in [0.25, 0.3) is 0 Å². The molecule has 2 saturated carbocycles. The number of phenolic OH excluding ortho intramolecular Hbond substituents is 1. The van der Waals surface area contributed by atoms with Crippen LogP contribution in [-0.4, -0.2) is 68.5 Å². The van der Waals surface area contributed by atoms with Crippen molar-refractivity contribution < 1.29 is 39.1 Å². The largest absolute Gasteiger partial charge is 0.504 e. The molecule has 0 heterocycles. The van der Waals surface area contributed by atoms with Gasteiger partial charge in [-0.1, -0.05) is 11.6 Å². The predicted molar refractivity (Wildman–Crippen MR) is 237 cm³/mol. The Labute approximate surface area is 354 Å². The number of rotatable bonds is 15. The number of allylic oxidation sites excluding steroid dienone is 1. The smallest absolute Gasteiger partial charge is 0.310 e. The van der Waals surface area contributed by atoms with E-state index in [0.717, 1.165) is 72.7 Å². The number of nitrogens with one attached hydrogen (secondary N) is 3. The minimum absolute atomic E-state index is 0.0707. The van der Waals surface area contributed by atoms with Gasteiger partial charge >= 0.3 is 11.9 Å². The number of benzene rings is 5. The molecule has 0 saturated heterocycles. The Kier molecular flexibility index (Phi) is 12.4. The summed E-state index contributed by atoms with van der Waals surface area (Å²) < 4.78 is 16.7. The summed E-state index contributed by atoms with van der Waals surface area (Å²) in [7, 11) is 4.95. The van der Waals surface area contributed by atoms with Gasteiger partial charge in [-0.05, 0) is 159 Å². The Morgan fingerprint density at radius 2 is 1.26 bits per heavy atom. The highest BCUT2D eigenvalue weighted by Gasteiger charge is 2.34. The highest BCUT2D eigenvalue weighted by Crippen LogP contribution is 2.54. The Bertz CT molecular complexity index is 2640. The van der Waals surface area contributed by atoms with Crippen LogP contribution in [0.15, 0.2) is 27.3 Å². The van der Waals surface area contributed by atoms with E-state index in [4.69, 9.17) is 14.2 Å². The number of hydrogen-bond acceptors (Lipinski definition) is 13. The van der Waals surface area contributed by atoms with Crippen molar-refractivity contribution in [3.8, 4) is 11.5 Å². The summed E-state index contributed by atoms with van der Waals surface area (Å²) in [6.07, 6.45) is 10.2. The summed E-state index contributed by atoms with van der Waals surface area (Å²) in [5.41, 5.74) is 4.27. The third-order valence-electron chi connectivity index (χ3n) is 13.8. The molecule has 0 bridgehead atoms. The van der Waals surface area contributed by atoms with Crippen molar-refractivity contribution in [1.82, 2.24) is 10.6 Å². The zero-order valence-corrected chi connectivity index (χ0v) is 35.6. The molecule has 5 aromatic carbocycles. The zero-order chi connectivity index (χ0) is 43.1. The lowest BCUT2D eigenvalue weighted by Crippen LogP contribution is -2.29. The van der Waals surface area contributed by atoms with E-state index in [1.165, 1.54) is 19.2 Å². The standard InChI is InChI=1S/C48H57N3O10/c1-24-15-32-31(14-9-25-5-10-27(11-6-25)47(57)60-22-49-2)44(51-19-26-7-12-28(13-8-26)48(58)61-23-50-3)40-34(54)17-29(20-52)36-37-30(21-53)18-35(55)41-43(37)39(38(32)42(36)40)33(16-24)46(59-4)45(41)56/h15,17-18,25-28,49-53,56H,5-14,16,19-23H2,1-4H3. The highest BCUT2D eigenvalue weighted by molar-refractivity contribution is 6.38. The topological polar surface area (TPSA) is 193 Å². The average Bonchev–Trinajstić information content (AvgIpc) is 3.42. The van der Waals surface area contributed by atoms with E-state index in [2.05, 4.69) is 22.0 Å². The molecular formula is C48H57N3O10. The number of esters is 2. The molecule has 0 amide bonds. The van der Waals surface area contributed by atoms with Gasteiger partial charge in [0.15, 0.2) is 22.4 Å². The molecule has 0 atom stereocenters.